The van der Waals surface area contributed by atoms with Crippen LogP contribution in [0.15, 0.2) is 0 Å². The highest BCUT2D eigenvalue weighted by Crippen LogP contribution is 2.24. The highest BCUT2D eigenvalue weighted by atomic mass is 32.2. The molecule has 15 heavy (non-hydrogen) atoms. The van der Waals surface area contributed by atoms with Gasteiger partial charge in [-0.25, -0.2) is 4.79 Å². The third-order valence-corrected chi connectivity index (χ3v) is 2.64. The van der Waals surface area contributed by atoms with Crippen molar-refractivity contribution in [3.8, 4) is 0 Å². The maximum atomic E-state index is 13.1. The van der Waals surface area contributed by atoms with E-state index in [1.165, 1.54) is 18.7 Å². The number of aliphatic hydroxyl groups excluding tert-OH is 1. The van der Waals surface area contributed by atoms with Gasteiger partial charge >= 0.3 is 11.9 Å². The van der Waals surface area contributed by atoms with E-state index < -0.39 is 18.0 Å². The molecule has 0 saturated carbocycles. The van der Waals surface area contributed by atoms with Gasteiger partial charge in [0.05, 0.1) is 6.61 Å². The Morgan fingerprint density at radius 1 is 1.53 bits per heavy atom. The van der Waals surface area contributed by atoms with Crippen molar-refractivity contribution in [2.75, 3.05) is 18.1 Å². The standard InChI is InChI=1S/C9H16F2O3S/c1-3-14-8(13)9(10,11)7(12)5-6-15-4-2/h7,12H,3-6H2,1-2H3. The lowest BCUT2D eigenvalue weighted by molar-refractivity contribution is -0.188. The fourth-order valence-electron chi connectivity index (χ4n) is 0.884. The van der Waals surface area contributed by atoms with Gasteiger partial charge in [0.2, 0.25) is 0 Å². The Morgan fingerprint density at radius 3 is 2.60 bits per heavy atom. The number of hydrogen-bond donors (Lipinski definition) is 1. The molecule has 0 radical (unpaired) electrons. The first-order valence-corrected chi connectivity index (χ1v) is 5.93. The predicted octanol–water partition coefficient (Wildman–Crippen LogP) is 1.69. The number of alkyl halides is 2. The van der Waals surface area contributed by atoms with E-state index in [1.54, 1.807) is 0 Å². The van der Waals surface area contributed by atoms with Crippen LogP contribution in [0.2, 0.25) is 0 Å². The quantitative estimate of drug-likeness (QED) is 0.545. The van der Waals surface area contributed by atoms with Gasteiger partial charge in [-0.05, 0) is 24.9 Å². The van der Waals surface area contributed by atoms with Crippen molar-refractivity contribution >= 4 is 17.7 Å². The van der Waals surface area contributed by atoms with E-state index in [1.807, 2.05) is 6.92 Å². The van der Waals surface area contributed by atoms with Crippen molar-refractivity contribution in [3.63, 3.8) is 0 Å². The van der Waals surface area contributed by atoms with Gasteiger partial charge in [-0.15, -0.1) is 0 Å². The zero-order valence-corrected chi connectivity index (χ0v) is 9.65. The molecule has 0 heterocycles. The minimum atomic E-state index is -3.80. The molecule has 1 unspecified atom stereocenters. The molecule has 0 saturated heterocycles. The molecule has 0 aliphatic heterocycles. The lowest BCUT2D eigenvalue weighted by Gasteiger charge is -2.20. The van der Waals surface area contributed by atoms with Crippen LogP contribution in [0.4, 0.5) is 8.78 Å². The number of hydrogen-bond acceptors (Lipinski definition) is 4. The SMILES string of the molecule is CCOC(=O)C(F)(F)C(O)CCSCC. The first-order chi connectivity index (χ1) is 6.96. The van der Waals surface area contributed by atoms with Crippen molar-refractivity contribution in [2.45, 2.75) is 32.3 Å². The normalized spacial score (nSPS) is 13.7. The Bertz CT molecular complexity index is 200. The molecule has 0 aromatic heterocycles. The van der Waals surface area contributed by atoms with Crippen LogP contribution in [0.1, 0.15) is 20.3 Å². The van der Waals surface area contributed by atoms with Crippen molar-refractivity contribution in [1.29, 1.82) is 0 Å². The van der Waals surface area contributed by atoms with Crippen molar-refractivity contribution in [3.05, 3.63) is 0 Å². The van der Waals surface area contributed by atoms with Gasteiger partial charge in [0.15, 0.2) is 0 Å². The van der Waals surface area contributed by atoms with Gasteiger partial charge in [-0.3, -0.25) is 0 Å². The highest BCUT2D eigenvalue weighted by Gasteiger charge is 2.47. The third kappa shape index (κ3) is 4.79. The van der Waals surface area contributed by atoms with Crippen molar-refractivity contribution in [2.24, 2.45) is 0 Å². The Kier molecular flexibility index (Phi) is 6.84. The topological polar surface area (TPSA) is 46.5 Å². The molecule has 0 fully saturated rings. The van der Waals surface area contributed by atoms with E-state index >= 15 is 0 Å². The first-order valence-electron chi connectivity index (χ1n) is 4.77. The molecule has 0 aromatic carbocycles. The zero-order chi connectivity index (χ0) is 11.9. The second-order valence-electron chi connectivity index (χ2n) is 2.84. The third-order valence-electron chi connectivity index (χ3n) is 1.71. The molecule has 0 aromatic rings. The summed E-state index contributed by atoms with van der Waals surface area (Å²) in [6, 6.07) is 0. The average molecular weight is 242 g/mol. The number of aliphatic hydroxyl groups is 1. The summed E-state index contributed by atoms with van der Waals surface area (Å²) in [4.78, 5) is 10.8. The van der Waals surface area contributed by atoms with Crippen LogP contribution in [0.25, 0.3) is 0 Å². The summed E-state index contributed by atoms with van der Waals surface area (Å²) in [5.41, 5.74) is 0. The number of halogens is 2. The summed E-state index contributed by atoms with van der Waals surface area (Å²) in [6.07, 6.45) is -2.08. The van der Waals surface area contributed by atoms with Crippen LogP contribution in [0.5, 0.6) is 0 Å². The summed E-state index contributed by atoms with van der Waals surface area (Å²) in [5, 5.41) is 9.14. The Morgan fingerprint density at radius 2 is 2.13 bits per heavy atom. The van der Waals surface area contributed by atoms with Crippen LogP contribution < -0.4 is 0 Å². The van der Waals surface area contributed by atoms with Gasteiger partial charge < -0.3 is 9.84 Å². The number of rotatable bonds is 7. The lowest BCUT2D eigenvalue weighted by Crippen LogP contribution is -2.43. The molecule has 3 nitrogen and oxygen atoms in total. The second-order valence-corrected chi connectivity index (χ2v) is 4.24. The minimum absolute atomic E-state index is 0.120. The summed E-state index contributed by atoms with van der Waals surface area (Å²) < 4.78 is 30.4. The van der Waals surface area contributed by atoms with Crippen LogP contribution in [-0.2, 0) is 9.53 Å². The Labute approximate surface area is 92.2 Å². The largest absolute Gasteiger partial charge is 0.461 e. The first kappa shape index (κ1) is 14.6. The van der Waals surface area contributed by atoms with E-state index in [2.05, 4.69) is 4.74 Å². The summed E-state index contributed by atoms with van der Waals surface area (Å²) in [5.74, 6) is -4.27. The van der Waals surface area contributed by atoms with E-state index in [0.29, 0.717) is 5.75 Å². The Balaban J connectivity index is 4.12. The zero-order valence-electron chi connectivity index (χ0n) is 8.83. The van der Waals surface area contributed by atoms with Crippen LogP contribution in [0.3, 0.4) is 0 Å². The molecule has 0 rings (SSSR count). The molecule has 1 N–H and O–H groups in total. The number of thioether (sulfide) groups is 1. The van der Waals surface area contributed by atoms with E-state index in [-0.39, 0.29) is 13.0 Å². The monoisotopic (exact) mass is 242 g/mol. The molecule has 1 atom stereocenters. The number of carbonyl (C=O) groups excluding carboxylic acids is 1. The fraction of sp³-hybridized carbons (Fsp3) is 0.889. The van der Waals surface area contributed by atoms with E-state index in [9.17, 15) is 13.6 Å². The van der Waals surface area contributed by atoms with E-state index in [4.69, 9.17) is 5.11 Å². The second kappa shape index (κ2) is 7.00. The average Bonchev–Trinajstić information content (AvgIpc) is 2.18. The van der Waals surface area contributed by atoms with Crippen LogP contribution in [0, 0.1) is 0 Å². The summed E-state index contributed by atoms with van der Waals surface area (Å²) in [6.45, 7) is 3.21. The molecule has 0 bridgehead atoms. The minimum Gasteiger partial charge on any atom is -0.461 e. The molecule has 0 amide bonds. The van der Waals surface area contributed by atoms with Gasteiger partial charge in [-0.1, -0.05) is 6.92 Å². The lowest BCUT2D eigenvalue weighted by atomic mass is 10.1. The van der Waals surface area contributed by atoms with Crippen molar-refractivity contribution in [1.82, 2.24) is 0 Å². The van der Waals surface area contributed by atoms with Gasteiger partial charge in [0.25, 0.3) is 0 Å². The highest BCUT2D eigenvalue weighted by molar-refractivity contribution is 7.99. The number of carbonyl (C=O) groups is 1. The molecule has 0 aliphatic rings. The molecule has 90 valence electrons. The maximum absolute atomic E-state index is 13.1. The molecule has 0 spiro atoms. The molecular weight excluding hydrogens is 226 g/mol. The van der Waals surface area contributed by atoms with E-state index in [0.717, 1.165) is 5.75 Å². The molecule has 6 heteroatoms. The van der Waals surface area contributed by atoms with Crippen LogP contribution >= 0.6 is 11.8 Å². The van der Waals surface area contributed by atoms with Gasteiger partial charge in [0.1, 0.15) is 6.10 Å². The Hall–Kier alpha value is -0.360. The van der Waals surface area contributed by atoms with Gasteiger partial charge in [-0.2, -0.15) is 20.5 Å². The van der Waals surface area contributed by atoms with Crippen molar-refractivity contribution < 1.29 is 23.4 Å². The van der Waals surface area contributed by atoms with Gasteiger partial charge in [0, 0.05) is 0 Å². The van der Waals surface area contributed by atoms with Crippen LogP contribution in [-0.4, -0.2) is 41.2 Å². The summed E-state index contributed by atoms with van der Waals surface area (Å²) >= 11 is 1.43. The fourth-order valence-corrected chi connectivity index (χ4v) is 1.56. The molecule has 0 aliphatic carbocycles. The number of ether oxygens (including phenoxy) is 1. The molecular formula is C9H16F2O3S. The number of esters is 1. The predicted molar refractivity (Wildman–Crippen MR) is 55.2 cm³/mol. The maximum Gasteiger partial charge on any atom is 0.379 e. The summed E-state index contributed by atoms with van der Waals surface area (Å²) in [7, 11) is 0. The smallest absolute Gasteiger partial charge is 0.379 e.